The van der Waals surface area contributed by atoms with Crippen LogP contribution in [0.4, 0.5) is 4.79 Å². The number of phenols is 1. The number of nitrogens with one attached hydrogen (secondary N) is 3. The smallest absolute Gasteiger partial charge is 0.408 e. The van der Waals surface area contributed by atoms with Crippen molar-refractivity contribution in [3.05, 3.63) is 163 Å². The standard InChI is InChI=1S/C50H51BrN4O10/c1-61-43-26-44(40(51)25-36(43)27-52-28-42(57)38-14-16-41(56)48-39(38)15-17-46(58)53-48)62-22-23-63-49(59)34-12-10-31(11-13-34)30-64-37-9-5-8-35(24-37)47(33-6-3-2-4-7-33)54-50(60)65-45-29-55-20-18-32(45)19-21-55/h2-17,24-26,32,42,45,47,52,56-57H,18-23,27-30H2,1H3,(H,53,58)(H,54,60)/t42?,45?,47-/m0/s1. The number of alkyl carbamates (subject to hydrolysis) is 1. The Bertz CT molecular complexity index is 2650. The first-order chi connectivity index (χ1) is 31.6. The van der Waals surface area contributed by atoms with E-state index in [1.54, 1.807) is 37.4 Å². The quantitative estimate of drug-likeness (QED) is 0.0423. The summed E-state index contributed by atoms with van der Waals surface area (Å²) in [6.45, 7) is 3.82. The van der Waals surface area contributed by atoms with Crippen LogP contribution in [0, 0.1) is 5.92 Å². The maximum absolute atomic E-state index is 13.3. The molecule has 3 atom stereocenters. The molecule has 0 saturated carbocycles. The molecule has 2 unspecified atom stereocenters. The Labute approximate surface area is 384 Å². The van der Waals surface area contributed by atoms with Crippen molar-refractivity contribution in [2.24, 2.45) is 5.92 Å². The lowest BCUT2D eigenvalue weighted by molar-refractivity contribution is -0.0336. The van der Waals surface area contributed by atoms with Crippen molar-refractivity contribution in [3.63, 3.8) is 0 Å². The molecule has 6 aromatic rings. The first-order valence-corrected chi connectivity index (χ1v) is 22.4. The monoisotopic (exact) mass is 946 g/mol. The van der Waals surface area contributed by atoms with E-state index in [0.29, 0.717) is 50.7 Å². The van der Waals surface area contributed by atoms with Gasteiger partial charge in [0.25, 0.3) is 0 Å². The van der Waals surface area contributed by atoms with Gasteiger partial charge in [-0.05, 0) is 112 Å². The summed E-state index contributed by atoms with van der Waals surface area (Å²) in [5.74, 6) is 1.52. The minimum atomic E-state index is -0.923. The number of carbonyl (C=O) groups excluding carboxylic acids is 2. The highest BCUT2D eigenvalue weighted by atomic mass is 79.9. The molecule has 3 aliphatic rings. The number of hydrogen-bond donors (Lipinski definition) is 5. The zero-order chi connectivity index (χ0) is 45.3. The Morgan fingerprint density at radius 3 is 2.42 bits per heavy atom. The molecule has 14 nitrogen and oxygen atoms in total. The highest BCUT2D eigenvalue weighted by Crippen LogP contribution is 2.34. The molecule has 3 aliphatic heterocycles. The van der Waals surface area contributed by atoms with Gasteiger partial charge in [-0.1, -0.05) is 60.7 Å². The van der Waals surface area contributed by atoms with E-state index >= 15 is 0 Å². The fourth-order valence-electron chi connectivity index (χ4n) is 8.41. The average Bonchev–Trinajstić information content (AvgIpc) is 3.33. The van der Waals surface area contributed by atoms with Gasteiger partial charge in [-0.2, -0.15) is 0 Å². The molecule has 0 aliphatic carbocycles. The first-order valence-electron chi connectivity index (χ1n) is 21.6. The zero-order valence-electron chi connectivity index (χ0n) is 35.8. The van der Waals surface area contributed by atoms with Gasteiger partial charge in [0.05, 0.1) is 34.8 Å². The predicted octanol–water partition coefficient (Wildman–Crippen LogP) is 7.55. The highest BCUT2D eigenvalue weighted by Gasteiger charge is 2.37. The normalized spacial score (nSPS) is 17.5. The Morgan fingerprint density at radius 2 is 1.66 bits per heavy atom. The fraction of sp³-hybridized carbons (Fsp3) is 0.300. The number of esters is 1. The van der Waals surface area contributed by atoms with Crippen molar-refractivity contribution in [2.45, 2.75) is 44.2 Å². The van der Waals surface area contributed by atoms with E-state index in [4.69, 9.17) is 23.7 Å². The van der Waals surface area contributed by atoms with Crippen molar-refractivity contribution < 1.29 is 43.5 Å². The Morgan fingerprint density at radius 1 is 0.877 bits per heavy atom. The fourth-order valence-corrected chi connectivity index (χ4v) is 8.92. The number of H-pyrrole nitrogens is 1. The number of carbonyl (C=O) groups is 2. The maximum atomic E-state index is 13.3. The van der Waals surface area contributed by atoms with Crippen LogP contribution >= 0.6 is 15.9 Å². The van der Waals surface area contributed by atoms with Crippen molar-refractivity contribution >= 4 is 38.9 Å². The molecule has 3 fully saturated rings. The topological polar surface area (TPSA) is 181 Å². The summed E-state index contributed by atoms with van der Waals surface area (Å²) in [7, 11) is 1.55. The number of aromatic nitrogens is 1. The van der Waals surface area contributed by atoms with Gasteiger partial charge in [0, 0.05) is 42.7 Å². The molecule has 5 aromatic carbocycles. The summed E-state index contributed by atoms with van der Waals surface area (Å²) in [5, 5.41) is 28.0. The summed E-state index contributed by atoms with van der Waals surface area (Å²) >= 11 is 3.56. The summed E-state index contributed by atoms with van der Waals surface area (Å²) in [5.41, 5.74) is 4.30. The van der Waals surface area contributed by atoms with Gasteiger partial charge in [-0.15, -0.1) is 0 Å². The Hall–Kier alpha value is -6.39. The van der Waals surface area contributed by atoms with Gasteiger partial charge in [0.2, 0.25) is 5.56 Å². The third kappa shape index (κ3) is 11.3. The highest BCUT2D eigenvalue weighted by molar-refractivity contribution is 9.10. The average molecular weight is 948 g/mol. The first kappa shape index (κ1) is 45.2. The SMILES string of the molecule is COc1cc(OCCOC(=O)c2ccc(COc3cccc([C@@H](NC(=O)OC4CN5CCC4CC5)c4ccccc4)c3)cc2)c(Br)cc1CNCC(O)c1ccc(O)c2[nH]c(=O)ccc12. The molecular formula is C50H51BrN4O10. The van der Waals surface area contributed by atoms with E-state index < -0.39 is 24.2 Å². The van der Waals surface area contributed by atoms with E-state index in [1.165, 1.54) is 12.1 Å². The largest absolute Gasteiger partial charge is 0.506 e. The number of amides is 1. The second-order valence-corrected chi connectivity index (χ2v) is 17.0. The van der Waals surface area contributed by atoms with E-state index in [2.05, 4.69) is 36.4 Å². The van der Waals surface area contributed by atoms with Gasteiger partial charge in [0.1, 0.15) is 48.9 Å². The molecule has 338 valence electrons. The van der Waals surface area contributed by atoms with E-state index in [0.717, 1.165) is 54.7 Å². The second-order valence-electron chi connectivity index (χ2n) is 16.1. The van der Waals surface area contributed by atoms with Crippen LogP contribution in [0.15, 0.2) is 125 Å². The van der Waals surface area contributed by atoms with Gasteiger partial charge < -0.3 is 49.5 Å². The van der Waals surface area contributed by atoms with Gasteiger partial charge in [0.15, 0.2) is 0 Å². The molecule has 65 heavy (non-hydrogen) atoms. The Balaban J connectivity index is 0.794. The molecule has 4 heterocycles. The molecule has 2 bridgehead atoms. The van der Waals surface area contributed by atoms with Gasteiger partial charge in [-0.3, -0.25) is 9.69 Å². The van der Waals surface area contributed by atoms with E-state index in [1.807, 2.05) is 72.8 Å². The number of rotatable bonds is 18. The molecule has 5 N–H and O–H groups in total. The van der Waals surface area contributed by atoms with Crippen LogP contribution < -0.4 is 30.4 Å². The molecule has 0 spiro atoms. The van der Waals surface area contributed by atoms with E-state index in [-0.39, 0.29) is 49.3 Å². The van der Waals surface area contributed by atoms with Crippen LogP contribution in [0.3, 0.4) is 0 Å². The number of pyridine rings is 1. The number of nitrogens with zero attached hydrogens (tertiary/aromatic N) is 1. The molecule has 3 saturated heterocycles. The number of hydrogen-bond acceptors (Lipinski definition) is 12. The van der Waals surface area contributed by atoms with Crippen LogP contribution in [0.5, 0.6) is 23.0 Å². The molecule has 1 aromatic heterocycles. The van der Waals surface area contributed by atoms with Crippen LogP contribution in [-0.4, -0.2) is 84.8 Å². The number of ether oxygens (including phenoxy) is 5. The lowest BCUT2D eigenvalue weighted by Gasteiger charge is -2.43. The van der Waals surface area contributed by atoms with Crippen LogP contribution in [-0.2, 0) is 22.6 Å². The van der Waals surface area contributed by atoms with Crippen molar-refractivity contribution in [1.29, 1.82) is 0 Å². The number of piperidine rings is 3. The number of halogens is 1. The number of benzene rings is 5. The summed E-state index contributed by atoms with van der Waals surface area (Å²) in [4.78, 5) is 42.9. The maximum Gasteiger partial charge on any atom is 0.408 e. The molecule has 9 rings (SSSR count). The van der Waals surface area contributed by atoms with Crippen LogP contribution in [0.1, 0.15) is 63.2 Å². The third-order valence-electron chi connectivity index (χ3n) is 11.9. The lowest BCUT2D eigenvalue weighted by Crippen LogP contribution is -2.52. The molecule has 0 radical (unpaired) electrons. The number of aromatic amines is 1. The number of aliphatic hydroxyl groups excluding tert-OH is 1. The predicted molar refractivity (Wildman–Crippen MR) is 247 cm³/mol. The van der Waals surface area contributed by atoms with Crippen LogP contribution in [0.25, 0.3) is 10.9 Å². The molecule has 15 heteroatoms. The van der Waals surface area contributed by atoms with Crippen molar-refractivity contribution in [3.8, 4) is 23.0 Å². The number of fused-ring (bicyclic) bond motifs is 4. The van der Waals surface area contributed by atoms with Gasteiger partial charge in [-0.25, -0.2) is 9.59 Å². The summed E-state index contributed by atoms with van der Waals surface area (Å²) in [6, 6.07) is 33.6. The number of phenolic OH excluding ortho intramolecular Hbond substituents is 1. The summed E-state index contributed by atoms with van der Waals surface area (Å²) in [6.07, 6.45) is 0.662. The van der Waals surface area contributed by atoms with Crippen molar-refractivity contribution in [1.82, 2.24) is 20.5 Å². The number of methoxy groups -OCH3 is 1. The van der Waals surface area contributed by atoms with Crippen LogP contribution in [0.2, 0.25) is 0 Å². The molecular weight excluding hydrogens is 896 g/mol. The van der Waals surface area contributed by atoms with E-state index in [9.17, 15) is 24.6 Å². The molecule has 1 amide bonds. The van der Waals surface area contributed by atoms with Gasteiger partial charge >= 0.3 is 12.1 Å². The van der Waals surface area contributed by atoms with Crippen molar-refractivity contribution in [2.75, 3.05) is 46.5 Å². The minimum absolute atomic E-state index is 0.00603. The zero-order valence-corrected chi connectivity index (χ0v) is 37.4. The number of aromatic hydroxyl groups is 1. The third-order valence-corrected chi connectivity index (χ3v) is 12.5. The lowest BCUT2D eigenvalue weighted by atomic mass is 9.86. The number of aliphatic hydroxyl groups is 1. The Kier molecular flexibility index (Phi) is 14.6. The summed E-state index contributed by atoms with van der Waals surface area (Å²) < 4.78 is 29.8. The second kappa shape index (κ2) is 21.1. The minimum Gasteiger partial charge on any atom is -0.506 e.